The van der Waals surface area contributed by atoms with Crippen molar-refractivity contribution in [2.45, 2.75) is 44.1 Å². The van der Waals surface area contributed by atoms with Crippen molar-refractivity contribution < 1.29 is 0 Å². The second kappa shape index (κ2) is 9.51. The van der Waals surface area contributed by atoms with E-state index in [1.807, 2.05) is 25.4 Å². The van der Waals surface area contributed by atoms with Crippen LogP contribution in [0.3, 0.4) is 0 Å². The first kappa shape index (κ1) is 20.2. The van der Waals surface area contributed by atoms with Gasteiger partial charge in [0.1, 0.15) is 12.2 Å². The highest BCUT2D eigenvalue weighted by atomic mass is 127. The van der Waals surface area contributed by atoms with Crippen molar-refractivity contribution in [2.75, 3.05) is 13.6 Å². The summed E-state index contributed by atoms with van der Waals surface area (Å²) in [4.78, 5) is 10.1. The Morgan fingerprint density at radius 3 is 2.72 bits per heavy atom. The molecule has 1 fully saturated rings. The molecular weight excluding hydrogens is 447 g/mol. The lowest BCUT2D eigenvalue weighted by atomic mass is 9.73. The molecule has 0 aromatic carbocycles. The van der Waals surface area contributed by atoms with Crippen LogP contribution in [-0.4, -0.2) is 34.3 Å². The molecule has 138 valence electrons. The monoisotopic (exact) mass is 474 g/mol. The molecule has 6 nitrogen and oxygen atoms in total. The van der Waals surface area contributed by atoms with Crippen molar-refractivity contribution in [3.63, 3.8) is 0 Å². The van der Waals surface area contributed by atoms with Gasteiger partial charge in [-0.15, -0.1) is 35.3 Å². The van der Waals surface area contributed by atoms with Crippen LogP contribution in [-0.2, 0) is 19.0 Å². The number of nitrogens with zero attached hydrogens (tertiary/aromatic N) is 4. The second-order valence-electron chi connectivity index (χ2n) is 6.40. The van der Waals surface area contributed by atoms with E-state index in [1.165, 1.54) is 37.0 Å². The number of hydrogen-bond donors (Lipinski definition) is 2. The molecule has 25 heavy (non-hydrogen) atoms. The van der Waals surface area contributed by atoms with Crippen LogP contribution in [0.5, 0.6) is 0 Å². The van der Waals surface area contributed by atoms with Crippen molar-refractivity contribution in [3.8, 4) is 0 Å². The summed E-state index contributed by atoms with van der Waals surface area (Å²) in [6.45, 7) is 1.54. The summed E-state index contributed by atoms with van der Waals surface area (Å²) in [6.07, 6.45) is 8.05. The molecule has 0 amide bonds. The van der Waals surface area contributed by atoms with Crippen LogP contribution in [0.25, 0.3) is 0 Å². The van der Waals surface area contributed by atoms with E-state index >= 15 is 0 Å². The lowest BCUT2D eigenvalue weighted by Crippen LogP contribution is -2.46. The molecule has 1 aliphatic rings. The third kappa shape index (κ3) is 4.93. The topological polar surface area (TPSA) is 67.1 Å². The zero-order chi connectivity index (χ0) is 16.8. The van der Waals surface area contributed by atoms with E-state index in [2.05, 4.69) is 43.2 Å². The first-order valence-electron chi connectivity index (χ1n) is 8.55. The number of rotatable bonds is 5. The average Bonchev–Trinajstić information content (AvgIpc) is 3.28. The first-order valence-corrected chi connectivity index (χ1v) is 9.43. The molecule has 1 aliphatic carbocycles. The summed E-state index contributed by atoms with van der Waals surface area (Å²) in [5, 5.41) is 13.2. The van der Waals surface area contributed by atoms with Gasteiger partial charge in [0, 0.05) is 30.9 Å². The van der Waals surface area contributed by atoms with Gasteiger partial charge in [-0.1, -0.05) is 25.3 Å². The standard InChI is InChI=1S/C17H26N6S.HI/c1-18-16(19-11-15-21-13-22-23(15)2)20-12-17(8-4-3-5-9-17)14-7-6-10-24-14;/h6-7,10,13H,3-5,8-9,11-12H2,1-2H3,(H2,18,19,20);1H. The lowest BCUT2D eigenvalue weighted by molar-refractivity contribution is 0.296. The van der Waals surface area contributed by atoms with E-state index in [0.717, 1.165) is 18.3 Å². The maximum Gasteiger partial charge on any atom is 0.191 e. The Morgan fingerprint density at radius 1 is 1.32 bits per heavy atom. The summed E-state index contributed by atoms with van der Waals surface area (Å²) in [5.74, 6) is 1.71. The van der Waals surface area contributed by atoms with Crippen LogP contribution in [0.4, 0.5) is 0 Å². The van der Waals surface area contributed by atoms with Crippen LogP contribution in [0.1, 0.15) is 42.8 Å². The van der Waals surface area contributed by atoms with Crippen molar-refractivity contribution >= 4 is 41.3 Å². The maximum absolute atomic E-state index is 4.35. The van der Waals surface area contributed by atoms with Gasteiger partial charge in [0.25, 0.3) is 0 Å². The molecule has 2 heterocycles. The molecule has 0 spiro atoms. The molecule has 1 saturated carbocycles. The Bertz CT molecular complexity index is 660. The van der Waals surface area contributed by atoms with Crippen molar-refractivity contribution in [2.24, 2.45) is 12.0 Å². The summed E-state index contributed by atoms with van der Waals surface area (Å²) in [6, 6.07) is 4.45. The Morgan fingerprint density at radius 2 is 2.12 bits per heavy atom. The second-order valence-corrected chi connectivity index (χ2v) is 7.35. The van der Waals surface area contributed by atoms with E-state index in [1.54, 1.807) is 11.0 Å². The number of halogens is 1. The highest BCUT2D eigenvalue weighted by Gasteiger charge is 2.34. The highest BCUT2D eigenvalue weighted by Crippen LogP contribution is 2.41. The molecule has 0 aliphatic heterocycles. The molecule has 2 aromatic heterocycles. The third-order valence-corrected chi connectivity index (χ3v) is 6.01. The largest absolute Gasteiger partial charge is 0.355 e. The molecule has 0 bridgehead atoms. The van der Waals surface area contributed by atoms with Crippen LogP contribution < -0.4 is 10.6 Å². The predicted octanol–water partition coefficient (Wildman–Crippen LogP) is 3.06. The number of nitrogens with one attached hydrogen (secondary N) is 2. The zero-order valence-corrected chi connectivity index (χ0v) is 18.0. The predicted molar refractivity (Wildman–Crippen MR) is 114 cm³/mol. The summed E-state index contributed by atoms with van der Waals surface area (Å²) in [7, 11) is 3.71. The number of hydrogen-bond acceptors (Lipinski definition) is 4. The fourth-order valence-electron chi connectivity index (χ4n) is 3.44. The summed E-state index contributed by atoms with van der Waals surface area (Å²) < 4.78 is 1.77. The molecule has 2 N–H and O–H groups in total. The van der Waals surface area contributed by atoms with Crippen LogP contribution in [0.2, 0.25) is 0 Å². The number of guanidine groups is 1. The fraction of sp³-hybridized carbons (Fsp3) is 0.588. The SMILES string of the molecule is CN=C(NCc1ncnn1C)NCC1(c2cccs2)CCCCC1.I. The Hall–Kier alpha value is -1.16. The molecule has 3 rings (SSSR count). The molecule has 2 aromatic rings. The molecule has 0 unspecified atom stereocenters. The number of aliphatic imine (C=N–C) groups is 1. The van der Waals surface area contributed by atoms with Gasteiger partial charge in [-0.2, -0.15) is 5.10 Å². The third-order valence-electron chi connectivity index (χ3n) is 4.89. The number of aromatic nitrogens is 3. The number of aryl methyl sites for hydroxylation is 1. The minimum Gasteiger partial charge on any atom is -0.355 e. The van der Waals surface area contributed by atoms with Gasteiger partial charge in [-0.3, -0.25) is 9.67 Å². The minimum atomic E-state index is 0. The van der Waals surface area contributed by atoms with Crippen molar-refractivity contribution in [3.05, 3.63) is 34.5 Å². The van der Waals surface area contributed by atoms with Crippen LogP contribution >= 0.6 is 35.3 Å². The van der Waals surface area contributed by atoms with Crippen molar-refractivity contribution in [1.29, 1.82) is 0 Å². The zero-order valence-electron chi connectivity index (χ0n) is 14.9. The highest BCUT2D eigenvalue weighted by molar-refractivity contribution is 14.0. The minimum absolute atomic E-state index is 0. The van der Waals surface area contributed by atoms with Gasteiger partial charge in [-0.05, 0) is 24.3 Å². The molecule has 0 saturated heterocycles. The van der Waals surface area contributed by atoms with Crippen molar-refractivity contribution in [1.82, 2.24) is 25.4 Å². The molecule has 0 radical (unpaired) electrons. The Labute approximate surface area is 170 Å². The van der Waals surface area contributed by atoms with E-state index < -0.39 is 0 Å². The summed E-state index contributed by atoms with van der Waals surface area (Å²) >= 11 is 1.88. The van der Waals surface area contributed by atoms with E-state index in [-0.39, 0.29) is 29.4 Å². The smallest absolute Gasteiger partial charge is 0.191 e. The van der Waals surface area contributed by atoms with Gasteiger partial charge in [0.05, 0.1) is 6.54 Å². The Balaban J connectivity index is 0.00000225. The quantitative estimate of drug-likeness (QED) is 0.397. The lowest BCUT2D eigenvalue weighted by Gasteiger charge is -2.37. The molecule has 8 heteroatoms. The van der Waals surface area contributed by atoms with Gasteiger partial charge in [0.2, 0.25) is 0 Å². The summed E-state index contributed by atoms with van der Waals surface area (Å²) in [5.41, 5.74) is 0.245. The van der Waals surface area contributed by atoms with Crippen LogP contribution in [0.15, 0.2) is 28.8 Å². The van der Waals surface area contributed by atoms with E-state index in [0.29, 0.717) is 6.54 Å². The normalized spacial score (nSPS) is 17.0. The van der Waals surface area contributed by atoms with Crippen LogP contribution in [0, 0.1) is 0 Å². The van der Waals surface area contributed by atoms with E-state index in [4.69, 9.17) is 0 Å². The maximum atomic E-state index is 4.35. The van der Waals surface area contributed by atoms with E-state index in [9.17, 15) is 0 Å². The first-order chi connectivity index (χ1) is 11.7. The molecular formula is C17H27IN6S. The van der Waals surface area contributed by atoms with Gasteiger partial charge in [0.15, 0.2) is 5.96 Å². The number of thiophene rings is 1. The molecule has 0 atom stereocenters. The Kier molecular flexibility index (Phi) is 7.67. The average molecular weight is 474 g/mol. The fourth-order valence-corrected chi connectivity index (χ4v) is 4.42. The van der Waals surface area contributed by atoms with Gasteiger partial charge < -0.3 is 10.6 Å². The van der Waals surface area contributed by atoms with Gasteiger partial charge >= 0.3 is 0 Å². The van der Waals surface area contributed by atoms with Gasteiger partial charge in [-0.25, -0.2) is 4.98 Å².